The van der Waals surface area contributed by atoms with Gasteiger partial charge in [-0.1, -0.05) is 17.7 Å². The smallest absolute Gasteiger partial charge is 0.321 e. The van der Waals surface area contributed by atoms with E-state index in [-0.39, 0.29) is 12.1 Å². The maximum Gasteiger partial charge on any atom is 0.321 e. The fourth-order valence-electron chi connectivity index (χ4n) is 3.09. The van der Waals surface area contributed by atoms with Crippen LogP contribution in [0.25, 0.3) is 0 Å². The van der Waals surface area contributed by atoms with E-state index in [0.717, 1.165) is 6.54 Å². The standard InChI is InChI=1S/C20H22N4O/c1-15-3-9-19(10-4-15)24-12-11-23(14-16(24)2)20(25)22-18-7-5-17(13-21)6-8-18/h3-10,16H,11-12,14H2,1-2H3,(H,22,25). The topological polar surface area (TPSA) is 59.4 Å². The fraction of sp³-hybridized carbons (Fsp3) is 0.300. The number of nitrogens with one attached hydrogen (secondary N) is 1. The SMILES string of the molecule is Cc1ccc(N2CCN(C(=O)Nc3ccc(C#N)cc3)CC2C)cc1. The molecule has 25 heavy (non-hydrogen) atoms. The average molecular weight is 334 g/mol. The van der Waals surface area contributed by atoms with Crippen molar-refractivity contribution < 1.29 is 4.79 Å². The van der Waals surface area contributed by atoms with Crippen molar-refractivity contribution in [3.05, 3.63) is 59.7 Å². The molecule has 1 saturated heterocycles. The van der Waals surface area contributed by atoms with Crippen LogP contribution in [0.3, 0.4) is 0 Å². The van der Waals surface area contributed by atoms with E-state index in [0.29, 0.717) is 24.3 Å². The zero-order valence-electron chi connectivity index (χ0n) is 14.6. The number of benzene rings is 2. The Balaban J connectivity index is 1.60. The quantitative estimate of drug-likeness (QED) is 0.913. The molecule has 0 bridgehead atoms. The van der Waals surface area contributed by atoms with Crippen LogP contribution in [0.5, 0.6) is 0 Å². The molecule has 5 heteroatoms. The highest BCUT2D eigenvalue weighted by atomic mass is 16.2. The van der Waals surface area contributed by atoms with Crippen LogP contribution in [0, 0.1) is 18.3 Å². The Kier molecular flexibility index (Phi) is 4.90. The van der Waals surface area contributed by atoms with E-state index in [1.165, 1.54) is 11.3 Å². The van der Waals surface area contributed by atoms with Crippen molar-refractivity contribution in [2.24, 2.45) is 0 Å². The van der Waals surface area contributed by atoms with Gasteiger partial charge in [0.2, 0.25) is 0 Å². The van der Waals surface area contributed by atoms with Gasteiger partial charge in [-0.3, -0.25) is 0 Å². The number of hydrogen-bond acceptors (Lipinski definition) is 3. The third-order valence-electron chi connectivity index (χ3n) is 4.55. The number of rotatable bonds is 2. The first-order valence-corrected chi connectivity index (χ1v) is 8.46. The van der Waals surface area contributed by atoms with Gasteiger partial charge in [-0.05, 0) is 50.2 Å². The minimum absolute atomic E-state index is 0.0971. The van der Waals surface area contributed by atoms with Gasteiger partial charge in [-0.25, -0.2) is 4.79 Å². The third kappa shape index (κ3) is 3.92. The molecule has 3 rings (SSSR count). The summed E-state index contributed by atoms with van der Waals surface area (Å²) in [5, 5.41) is 11.7. The molecule has 2 amide bonds. The number of piperazine rings is 1. The van der Waals surface area contributed by atoms with Gasteiger partial charge in [0.15, 0.2) is 0 Å². The summed E-state index contributed by atoms with van der Waals surface area (Å²) in [5.74, 6) is 0. The molecule has 0 radical (unpaired) electrons. The van der Waals surface area contributed by atoms with Crippen LogP contribution in [0.1, 0.15) is 18.1 Å². The normalized spacial score (nSPS) is 17.1. The molecular formula is C20H22N4O. The molecule has 1 unspecified atom stereocenters. The number of anilines is 2. The van der Waals surface area contributed by atoms with Crippen molar-refractivity contribution in [3.8, 4) is 6.07 Å². The van der Waals surface area contributed by atoms with Crippen molar-refractivity contribution in [1.82, 2.24) is 4.90 Å². The van der Waals surface area contributed by atoms with E-state index in [9.17, 15) is 4.79 Å². The Morgan fingerprint density at radius 3 is 2.40 bits per heavy atom. The molecule has 1 fully saturated rings. The zero-order valence-corrected chi connectivity index (χ0v) is 14.6. The van der Waals surface area contributed by atoms with E-state index < -0.39 is 0 Å². The monoisotopic (exact) mass is 334 g/mol. The fourth-order valence-corrected chi connectivity index (χ4v) is 3.09. The highest BCUT2D eigenvalue weighted by Crippen LogP contribution is 2.21. The number of hydrogen-bond donors (Lipinski definition) is 1. The van der Waals surface area contributed by atoms with Crippen LogP contribution in [0.4, 0.5) is 16.2 Å². The lowest BCUT2D eigenvalue weighted by molar-refractivity contribution is 0.200. The van der Waals surface area contributed by atoms with Gasteiger partial charge in [0.25, 0.3) is 0 Å². The third-order valence-corrected chi connectivity index (χ3v) is 4.55. The number of carbonyl (C=O) groups is 1. The highest BCUT2D eigenvalue weighted by Gasteiger charge is 2.26. The van der Waals surface area contributed by atoms with Crippen molar-refractivity contribution in [1.29, 1.82) is 5.26 Å². The second kappa shape index (κ2) is 7.27. The van der Waals surface area contributed by atoms with Gasteiger partial charge in [0.1, 0.15) is 0 Å². The molecule has 2 aromatic rings. The molecule has 1 atom stereocenters. The summed E-state index contributed by atoms with van der Waals surface area (Å²) in [4.78, 5) is 16.7. The summed E-state index contributed by atoms with van der Waals surface area (Å²) >= 11 is 0. The minimum atomic E-state index is -0.0971. The van der Waals surface area contributed by atoms with Gasteiger partial charge in [0, 0.05) is 37.1 Å². The molecule has 0 aliphatic carbocycles. The first kappa shape index (κ1) is 16.8. The van der Waals surface area contributed by atoms with Crippen LogP contribution in [-0.4, -0.2) is 36.6 Å². The lowest BCUT2D eigenvalue weighted by atomic mass is 10.1. The Morgan fingerprint density at radius 2 is 1.80 bits per heavy atom. The number of carbonyl (C=O) groups excluding carboxylic acids is 1. The summed E-state index contributed by atoms with van der Waals surface area (Å²) < 4.78 is 0. The Hall–Kier alpha value is -3.00. The van der Waals surface area contributed by atoms with E-state index in [4.69, 9.17) is 5.26 Å². The van der Waals surface area contributed by atoms with Crippen LogP contribution in [0.2, 0.25) is 0 Å². The van der Waals surface area contributed by atoms with Crippen molar-refractivity contribution in [2.45, 2.75) is 19.9 Å². The second-order valence-corrected chi connectivity index (χ2v) is 6.44. The predicted octanol–water partition coefficient (Wildman–Crippen LogP) is 3.61. The zero-order chi connectivity index (χ0) is 17.8. The maximum atomic E-state index is 12.5. The number of nitriles is 1. The Morgan fingerprint density at radius 1 is 1.12 bits per heavy atom. The number of aryl methyl sites for hydroxylation is 1. The molecule has 1 aliphatic heterocycles. The molecule has 0 aromatic heterocycles. The second-order valence-electron chi connectivity index (χ2n) is 6.44. The van der Waals surface area contributed by atoms with E-state index in [1.54, 1.807) is 24.3 Å². The van der Waals surface area contributed by atoms with E-state index in [2.05, 4.69) is 54.4 Å². The molecule has 2 aromatic carbocycles. The van der Waals surface area contributed by atoms with E-state index >= 15 is 0 Å². The summed E-state index contributed by atoms with van der Waals surface area (Å²) in [7, 11) is 0. The average Bonchev–Trinajstić information content (AvgIpc) is 2.63. The molecule has 1 aliphatic rings. The summed E-state index contributed by atoms with van der Waals surface area (Å²) in [6, 6.07) is 17.6. The molecule has 5 nitrogen and oxygen atoms in total. The Bertz CT molecular complexity index is 777. The predicted molar refractivity (Wildman–Crippen MR) is 99.7 cm³/mol. The van der Waals surface area contributed by atoms with Crippen molar-refractivity contribution >= 4 is 17.4 Å². The minimum Gasteiger partial charge on any atom is -0.365 e. The molecule has 128 valence electrons. The molecule has 0 spiro atoms. The van der Waals surface area contributed by atoms with Crippen LogP contribution >= 0.6 is 0 Å². The van der Waals surface area contributed by atoms with Crippen LogP contribution < -0.4 is 10.2 Å². The van der Waals surface area contributed by atoms with Crippen LogP contribution in [0.15, 0.2) is 48.5 Å². The lowest BCUT2D eigenvalue weighted by Gasteiger charge is -2.41. The molecular weight excluding hydrogens is 312 g/mol. The summed E-state index contributed by atoms with van der Waals surface area (Å²) in [6.45, 7) is 6.39. The molecule has 0 saturated carbocycles. The largest absolute Gasteiger partial charge is 0.365 e. The van der Waals surface area contributed by atoms with Crippen molar-refractivity contribution in [2.75, 3.05) is 29.9 Å². The van der Waals surface area contributed by atoms with Crippen LogP contribution in [-0.2, 0) is 0 Å². The van der Waals surface area contributed by atoms with Gasteiger partial charge in [-0.15, -0.1) is 0 Å². The van der Waals surface area contributed by atoms with Gasteiger partial charge < -0.3 is 15.1 Å². The van der Waals surface area contributed by atoms with Crippen molar-refractivity contribution in [3.63, 3.8) is 0 Å². The first-order chi connectivity index (χ1) is 12.1. The molecule has 1 N–H and O–H groups in total. The summed E-state index contributed by atoms with van der Waals surface area (Å²) in [6.07, 6.45) is 0. The molecule has 1 heterocycles. The van der Waals surface area contributed by atoms with E-state index in [1.807, 2.05) is 4.90 Å². The number of nitrogens with zero attached hydrogens (tertiary/aromatic N) is 3. The maximum absolute atomic E-state index is 12.5. The summed E-state index contributed by atoms with van der Waals surface area (Å²) in [5.41, 5.74) is 3.73. The first-order valence-electron chi connectivity index (χ1n) is 8.46. The van der Waals surface area contributed by atoms with Gasteiger partial charge in [-0.2, -0.15) is 5.26 Å². The van der Waals surface area contributed by atoms with Gasteiger partial charge >= 0.3 is 6.03 Å². The highest BCUT2D eigenvalue weighted by molar-refractivity contribution is 5.89. The number of urea groups is 1. The number of amides is 2. The van der Waals surface area contributed by atoms with Gasteiger partial charge in [0.05, 0.1) is 11.6 Å². The lowest BCUT2D eigenvalue weighted by Crippen LogP contribution is -2.54. The Labute approximate surface area is 148 Å².